The van der Waals surface area contributed by atoms with Crippen LogP contribution in [0.5, 0.6) is 0 Å². The number of hydrogen-bond acceptors (Lipinski definition) is 9. The number of rotatable bonds is 18. The van der Waals surface area contributed by atoms with Crippen LogP contribution >= 0.6 is 0 Å². The van der Waals surface area contributed by atoms with Crippen LogP contribution in [0, 0.1) is 34.5 Å². The van der Waals surface area contributed by atoms with Gasteiger partial charge in [-0.2, -0.15) is 0 Å². The zero-order chi connectivity index (χ0) is 56.7. The number of carboxylic acids is 1. The Hall–Kier alpha value is -0.850. The molecule has 4 aliphatic rings. The van der Waals surface area contributed by atoms with E-state index in [-0.39, 0.29) is 25.1 Å². The number of aliphatic hydroxyl groups excluding tert-OH is 2. The molecule has 0 aromatic rings. The van der Waals surface area contributed by atoms with Gasteiger partial charge in [0.2, 0.25) is 0 Å². The molecule has 1 atom stereocenters. The Morgan fingerprint density at radius 1 is 0.639 bits per heavy atom. The van der Waals surface area contributed by atoms with Gasteiger partial charge in [0, 0.05) is 52.9 Å². The second-order valence-electron chi connectivity index (χ2n) is 26.9. The first-order valence-electron chi connectivity index (χ1n) is 29.0. The fraction of sp³-hybridized carbons (Fsp3) is 0.984. The number of nitrogens with zero attached hydrogens (tertiary/aromatic N) is 3. The van der Waals surface area contributed by atoms with Gasteiger partial charge in [0.05, 0.1) is 18.6 Å². The molecule has 4 fully saturated rings. The molecule has 0 heterocycles. The lowest BCUT2D eigenvalue weighted by molar-refractivity contribution is -0.151. The lowest BCUT2D eigenvalue weighted by Gasteiger charge is -2.41. The van der Waals surface area contributed by atoms with Gasteiger partial charge >= 0.3 is 5.97 Å². The fourth-order valence-electron chi connectivity index (χ4n) is 7.36. The predicted octanol–water partition coefficient (Wildman–Crippen LogP) is 14.3. The Morgan fingerprint density at radius 3 is 1.22 bits per heavy atom. The lowest BCUT2D eigenvalue weighted by atomic mass is 9.71. The molecule has 0 amide bonds. The van der Waals surface area contributed by atoms with Crippen LogP contribution in [0.2, 0.25) is 0 Å². The van der Waals surface area contributed by atoms with Gasteiger partial charge in [-0.1, -0.05) is 124 Å². The van der Waals surface area contributed by atoms with Crippen LogP contribution < -0.4 is 16.0 Å². The molecule has 72 heavy (non-hydrogen) atoms. The van der Waals surface area contributed by atoms with Crippen LogP contribution in [-0.2, 0) is 4.79 Å². The lowest BCUT2D eigenvalue weighted by Crippen LogP contribution is -2.51. The molecule has 6 N–H and O–H groups in total. The van der Waals surface area contributed by atoms with E-state index in [0.717, 1.165) is 81.6 Å². The summed E-state index contributed by atoms with van der Waals surface area (Å²) in [5, 5.41) is 37.2. The van der Waals surface area contributed by atoms with Crippen molar-refractivity contribution in [1.82, 2.24) is 30.7 Å². The number of aliphatic carboxylic acids is 1. The summed E-state index contributed by atoms with van der Waals surface area (Å²) in [5.74, 6) is 3.21. The van der Waals surface area contributed by atoms with Crippen molar-refractivity contribution < 1.29 is 20.1 Å². The van der Waals surface area contributed by atoms with E-state index in [0.29, 0.717) is 53.8 Å². The molecule has 1 unspecified atom stereocenters. The van der Waals surface area contributed by atoms with Crippen LogP contribution in [-0.4, -0.2) is 144 Å². The highest BCUT2D eigenvalue weighted by Crippen LogP contribution is 2.41. The maximum atomic E-state index is 11.5. The van der Waals surface area contributed by atoms with Gasteiger partial charge in [-0.25, -0.2) is 0 Å². The molecule has 0 bridgehead atoms. The quantitative estimate of drug-likeness (QED) is 0.0791. The Kier molecular flexibility index (Phi) is 44.9. The normalized spacial score (nSPS) is 17.8. The molecule has 0 aliphatic heterocycles. The Bertz CT molecular complexity index is 1220. The number of carbonyl (C=O) groups is 1. The van der Waals surface area contributed by atoms with Crippen LogP contribution in [0.4, 0.5) is 0 Å². The monoisotopic (exact) mass is 1030 g/mol. The third-order valence-electron chi connectivity index (χ3n) is 16.0. The molecule has 0 radical (unpaired) electrons. The molecule has 10 nitrogen and oxygen atoms in total. The first-order valence-corrected chi connectivity index (χ1v) is 29.0. The maximum absolute atomic E-state index is 11.5. The van der Waals surface area contributed by atoms with E-state index in [1.807, 2.05) is 27.9 Å². The summed E-state index contributed by atoms with van der Waals surface area (Å²) in [6, 6.07) is 3.50. The van der Waals surface area contributed by atoms with Gasteiger partial charge in [0.1, 0.15) is 0 Å². The Morgan fingerprint density at radius 2 is 1.06 bits per heavy atom. The predicted molar refractivity (Wildman–Crippen MR) is 323 cm³/mol. The highest BCUT2D eigenvalue weighted by Gasteiger charge is 2.42. The first kappa shape index (κ1) is 80.0. The SMILES string of the molecule is C.CC(C)C(C)(C)C.CC(C)C(C)C1CC1.CC(C)N(C)C.CC(C)N(C)C(C)(C)CO.CC(C)N(C)CCCC1(C(=O)O)CCCCC1.CC(C)NC1(C)CCC1.CC(C)NC1(CO)CC1.CNC(C)C. The minimum absolute atomic E-state index is 0. The Balaban J connectivity index is -0.000000244. The van der Waals surface area contributed by atoms with Crippen molar-refractivity contribution in [3.63, 3.8) is 0 Å². The van der Waals surface area contributed by atoms with Crippen molar-refractivity contribution in [2.24, 2.45) is 34.5 Å². The summed E-state index contributed by atoms with van der Waals surface area (Å²) >= 11 is 0. The van der Waals surface area contributed by atoms with Crippen LogP contribution in [0.25, 0.3) is 0 Å². The average molecular weight is 1030 g/mol. The Labute approximate surface area is 453 Å². The molecular formula is C62H138N6O4. The topological polar surface area (TPSA) is 124 Å². The first-order chi connectivity index (χ1) is 32.3. The van der Waals surface area contributed by atoms with E-state index < -0.39 is 11.4 Å². The van der Waals surface area contributed by atoms with Gasteiger partial charge in [0.15, 0.2) is 0 Å². The summed E-state index contributed by atoms with van der Waals surface area (Å²) in [6.07, 6.45) is 16.4. The minimum Gasteiger partial charge on any atom is -0.481 e. The van der Waals surface area contributed by atoms with E-state index in [9.17, 15) is 9.90 Å². The van der Waals surface area contributed by atoms with Gasteiger partial charge in [-0.15, -0.1) is 0 Å². The molecular weight excluding hydrogens is 893 g/mol. The van der Waals surface area contributed by atoms with Crippen LogP contribution in [0.15, 0.2) is 0 Å². The zero-order valence-electron chi connectivity index (χ0n) is 53.4. The van der Waals surface area contributed by atoms with Crippen molar-refractivity contribution >= 4 is 5.97 Å². The summed E-state index contributed by atoms with van der Waals surface area (Å²) in [6.45, 7) is 52.0. The average Bonchev–Trinajstić information content (AvgIpc) is 4.21. The molecule has 10 heteroatoms. The summed E-state index contributed by atoms with van der Waals surface area (Å²) in [7, 11) is 10.2. The highest BCUT2D eigenvalue weighted by molar-refractivity contribution is 5.74. The van der Waals surface area contributed by atoms with E-state index >= 15 is 0 Å². The minimum atomic E-state index is -0.565. The second-order valence-corrected chi connectivity index (χ2v) is 26.9. The van der Waals surface area contributed by atoms with Crippen molar-refractivity contribution in [3.8, 4) is 0 Å². The van der Waals surface area contributed by atoms with Gasteiger partial charge < -0.3 is 41.1 Å². The van der Waals surface area contributed by atoms with E-state index in [1.165, 1.54) is 38.5 Å². The number of hydrogen-bond donors (Lipinski definition) is 6. The van der Waals surface area contributed by atoms with Gasteiger partial charge in [-0.3, -0.25) is 9.69 Å². The molecule has 0 saturated heterocycles. The van der Waals surface area contributed by atoms with Crippen LogP contribution in [0.3, 0.4) is 0 Å². The third kappa shape index (κ3) is 41.3. The molecule has 4 aliphatic carbocycles. The van der Waals surface area contributed by atoms with Crippen LogP contribution in [0.1, 0.15) is 257 Å². The van der Waals surface area contributed by atoms with Crippen molar-refractivity contribution in [1.29, 1.82) is 0 Å². The summed E-state index contributed by atoms with van der Waals surface area (Å²) in [5.41, 5.74) is 0.618. The van der Waals surface area contributed by atoms with E-state index in [2.05, 4.69) is 197 Å². The number of likely N-dealkylation sites (N-methyl/N-ethyl adjacent to an activating group) is 1. The fourth-order valence-corrected chi connectivity index (χ4v) is 7.36. The number of aliphatic hydroxyl groups is 2. The molecule has 0 spiro atoms. The highest BCUT2D eigenvalue weighted by atomic mass is 16.4. The van der Waals surface area contributed by atoms with Crippen molar-refractivity contribution in [3.05, 3.63) is 0 Å². The van der Waals surface area contributed by atoms with Crippen molar-refractivity contribution in [2.75, 3.05) is 55.0 Å². The number of carboxylic acid groups (broad SMARTS) is 1. The third-order valence-corrected chi connectivity index (χ3v) is 16.0. The van der Waals surface area contributed by atoms with E-state index in [1.54, 1.807) is 0 Å². The second kappa shape index (κ2) is 40.4. The zero-order valence-corrected chi connectivity index (χ0v) is 53.4. The molecule has 0 aromatic heterocycles. The standard InChI is InChI=1S/C14H27NO2.C8H19NO.C8H17N.C8H16.C7H15NO.C7H16.C5H13N.C4H11N.CH4/c1-12(2)15(3)11-7-10-14(13(16)17)8-5-4-6-9-14;1-7(2)9(5)8(3,4)6-10;1-7(2)9-8(3)5-4-6-8;1-6(2)7(3)8-4-5-8;1-6(2)8-7(5-9)3-4-7;1-6(2)7(3,4)5;1-5(2)6(3)4;1-4(2)5-3;/h12H,4-11H2,1-3H3,(H,16,17);7,10H,6H2,1-5H3;7,9H,4-6H2,1-3H3;6-8H,4-5H2,1-3H3;6,8-9H,3-5H2,1-2H3;6H,1-5H3;5H,1-4H3;4-5H,1-3H3;1H4. The van der Waals surface area contributed by atoms with E-state index in [4.69, 9.17) is 10.2 Å². The number of nitrogens with one attached hydrogen (secondary N) is 3. The summed E-state index contributed by atoms with van der Waals surface area (Å²) in [4.78, 5) is 18.1. The van der Waals surface area contributed by atoms with Crippen molar-refractivity contribution in [2.45, 2.75) is 309 Å². The maximum Gasteiger partial charge on any atom is 0.309 e. The van der Waals surface area contributed by atoms with Gasteiger partial charge in [-0.05, 0) is 204 Å². The largest absolute Gasteiger partial charge is 0.481 e. The molecule has 4 saturated carbocycles. The molecule has 0 aromatic carbocycles. The van der Waals surface area contributed by atoms with Gasteiger partial charge in [0.25, 0.3) is 0 Å². The molecule has 4 rings (SSSR count). The smallest absolute Gasteiger partial charge is 0.309 e. The summed E-state index contributed by atoms with van der Waals surface area (Å²) < 4.78 is 0. The molecule has 440 valence electrons.